The molecule has 0 spiro atoms. The van der Waals surface area contributed by atoms with E-state index >= 15 is 0 Å². The van der Waals surface area contributed by atoms with Gasteiger partial charge in [-0.05, 0) is 63.8 Å². The van der Waals surface area contributed by atoms with Crippen LogP contribution in [0.1, 0.15) is 75.6 Å². The minimum atomic E-state index is -0.918. The van der Waals surface area contributed by atoms with Crippen molar-refractivity contribution < 1.29 is 18.7 Å². The summed E-state index contributed by atoms with van der Waals surface area (Å²) in [5.41, 5.74) is 8.65. The minimum absolute atomic E-state index is 0.100. The van der Waals surface area contributed by atoms with Crippen molar-refractivity contribution >= 4 is 23.2 Å². The highest BCUT2D eigenvalue weighted by Gasteiger charge is 2.34. The first-order valence-electron chi connectivity index (χ1n) is 13.0. The van der Waals surface area contributed by atoms with E-state index in [0.717, 1.165) is 29.1 Å². The first-order valence-corrected chi connectivity index (χ1v) is 13.9. The maximum absolute atomic E-state index is 13.8. The fraction of sp³-hybridized carbons (Fsp3) is 0.345. The van der Waals surface area contributed by atoms with Gasteiger partial charge >= 0.3 is 5.97 Å². The number of nitrogens with two attached hydrogens (primary N) is 1. The predicted octanol–water partition coefficient (Wildman–Crippen LogP) is 5.07. The number of amides is 1. The van der Waals surface area contributed by atoms with Gasteiger partial charge in [0.1, 0.15) is 5.01 Å². The molecule has 3 heterocycles. The molecule has 2 N–H and O–H groups in total. The van der Waals surface area contributed by atoms with E-state index in [2.05, 4.69) is 15.2 Å². The number of esters is 1. The number of likely N-dealkylation sites (tertiary alicyclic amines) is 1. The molecule has 0 aliphatic carbocycles. The third-order valence-corrected chi connectivity index (χ3v) is 7.77. The molecule has 2 aromatic heterocycles. The Labute approximate surface area is 231 Å². The summed E-state index contributed by atoms with van der Waals surface area (Å²) in [6, 6.07) is 14.6. The van der Waals surface area contributed by atoms with Gasteiger partial charge in [0.2, 0.25) is 11.8 Å². The number of rotatable bonds is 8. The maximum Gasteiger partial charge on any atom is 0.338 e. The highest BCUT2D eigenvalue weighted by atomic mass is 32.1. The second-order valence-corrected chi connectivity index (χ2v) is 10.9. The zero-order valence-corrected chi connectivity index (χ0v) is 23.0. The summed E-state index contributed by atoms with van der Waals surface area (Å²) in [6.07, 6.45) is 2.21. The normalized spacial score (nSPS) is 16.7. The number of benzene rings is 2. The van der Waals surface area contributed by atoms with Gasteiger partial charge in [-0.2, -0.15) is 0 Å². The number of nitrogens with zero attached hydrogens (tertiary/aromatic N) is 4. The lowest BCUT2D eigenvalue weighted by molar-refractivity contribution is 0.0526. The molecule has 1 aliphatic rings. The van der Waals surface area contributed by atoms with Gasteiger partial charge < -0.3 is 19.8 Å². The van der Waals surface area contributed by atoms with Gasteiger partial charge in [-0.25, -0.2) is 9.78 Å². The fourth-order valence-electron chi connectivity index (χ4n) is 4.83. The SMILES string of the molecule is CCOC(=O)c1cc(C(=O)N2CCCC2c2nc(C)cs2)cc(-c2nnc(C(C)(N)Cc3ccccc3)o2)c1. The molecule has 1 amide bonds. The lowest BCUT2D eigenvalue weighted by Gasteiger charge is -2.23. The Morgan fingerprint density at radius 3 is 2.67 bits per heavy atom. The smallest absolute Gasteiger partial charge is 0.338 e. The van der Waals surface area contributed by atoms with Crippen LogP contribution in [0.2, 0.25) is 0 Å². The molecule has 2 unspecified atom stereocenters. The second kappa shape index (κ2) is 11.1. The summed E-state index contributed by atoms with van der Waals surface area (Å²) < 4.78 is 11.3. The van der Waals surface area contributed by atoms with E-state index in [1.807, 2.05) is 54.5 Å². The van der Waals surface area contributed by atoms with Crippen molar-refractivity contribution in [3.63, 3.8) is 0 Å². The molecule has 202 valence electrons. The molecule has 4 aromatic rings. The van der Waals surface area contributed by atoms with Crippen LogP contribution in [0.5, 0.6) is 0 Å². The standard InChI is InChI=1S/C29H31N5O4S/c1-4-37-27(36)22-14-20(24-32-33-28(38-24)29(3,30)16-19-9-6-5-7-10-19)13-21(15-22)26(35)34-12-8-11-23(34)25-31-18(2)17-39-25/h5-7,9-10,13-15,17,23H,4,8,11-12,16,30H2,1-3H3. The van der Waals surface area contributed by atoms with E-state index in [1.54, 1.807) is 36.5 Å². The molecule has 10 heteroatoms. The number of carbonyl (C=O) groups excluding carboxylic acids is 2. The molecule has 39 heavy (non-hydrogen) atoms. The number of aromatic nitrogens is 3. The highest BCUT2D eigenvalue weighted by Crippen LogP contribution is 2.35. The zero-order valence-electron chi connectivity index (χ0n) is 22.2. The summed E-state index contributed by atoms with van der Waals surface area (Å²) in [5.74, 6) is -0.294. The molecule has 1 aliphatic heterocycles. The van der Waals surface area contributed by atoms with Crippen molar-refractivity contribution in [3.8, 4) is 11.5 Å². The fourth-order valence-corrected chi connectivity index (χ4v) is 5.77. The van der Waals surface area contributed by atoms with Crippen LogP contribution in [0, 0.1) is 6.92 Å². The van der Waals surface area contributed by atoms with E-state index in [1.165, 1.54) is 0 Å². The number of thiazole rings is 1. The molecule has 0 saturated carbocycles. The lowest BCUT2D eigenvalue weighted by atomic mass is 9.94. The summed E-state index contributed by atoms with van der Waals surface area (Å²) in [7, 11) is 0. The monoisotopic (exact) mass is 545 g/mol. The molecular formula is C29H31N5O4S. The Bertz CT molecular complexity index is 1480. The number of ether oxygens (including phenoxy) is 1. The molecule has 0 radical (unpaired) electrons. The van der Waals surface area contributed by atoms with Crippen LogP contribution in [0.3, 0.4) is 0 Å². The highest BCUT2D eigenvalue weighted by molar-refractivity contribution is 7.09. The molecule has 2 atom stereocenters. The average Bonchev–Trinajstić information content (AvgIpc) is 3.69. The average molecular weight is 546 g/mol. The van der Waals surface area contributed by atoms with Crippen molar-refractivity contribution in [2.75, 3.05) is 13.2 Å². The Kier molecular flexibility index (Phi) is 7.58. The van der Waals surface area contributed by atoms with Gasteiger partial charge in [0.25, 0.3) is 5.91 Å². The molecular weight excluding hydrogens is 514 g/mol. The third-order valence-electron chi connectivity index (χ3n) is 6.70. The largest absolute Gasteiger partial charge is 0.462 e. The topological polar surface area (TPSA) is 124 Å². The van der Waals surface area contributed by atoms with Crippen molar-refractivity contribution in [2.45, 2.75) is 51.6 Å². The lowest BCUT2D eigenvalue weighted by Crippen LogP contribution is -2.35. The minimum Gasteiger partial charge on any atom is -0.462 e. The quantitative estimate of drug-likeness (QED) is 0.304. The van der Waals surface area contributed by atoms with E-state index in [9.17, 15) is 9.59 Å². The van der Waals surface area contributed by atoms with Crippen molar-refractivity contribution in [3.05, 3.63) is 87.2 Å². The van der Waals surface area contributed by atoms with Crippen LogP contribution in [-0.2, 0) is 16.7 Å². The summed E-state index contributed by atoms with van der Waals surface area (Å²) in [5, 5.41) is 11.4. The molecule has 0 bridgehead atoms. The first-order chi connectivity index (χ1) is 18.7. The predicted molar refractivity (Wildman–Crippen MR) is 147 cm³/mol. The summed E-state index contributed by atoms with van der Waals surface area (Å²) in [4.78, 5) is 33.0. The third kappa shape index (κ3) is 5.76. The van der Waals surface area contributed by atoms with Gasteiger partial charge in [0.05, 0.1) is 23.8 Å². The van der Waals surface area contributed by atoms with Gasteiger partial charge in [0, 0.05) is 28.7 Å². The van der Waals surface area contributed by atoms with Crippen molar-refractivity contribution in [1.82, 2.24) is 20.1 Å². The van der Waals surface area contributed by atoms with Crippen molar-refractivity contribution in [2.24, 2.45) is 5.73 Å². The number of aryl methyl sites for hydroxylation is 1. The summed E-state index contributed by atoms with van der Waals surface area (Å²) >= 11 is 1.56. The van der Waals surface area contributed by atoms with Crippen molar-refractivity contribution in [1.29, 1.82) is 0 Å². The van der Waals surface area contributed by atoms with Gasteiger partial charge in [0.15, 0.2) is 0 Å². The van der Waals surface area contributed by atoms with Crippen LogP contribution in [0.4, 0.5) is 0 Å². The van der Waals surface area contributed by atoms with Crippen LogP contribution in [0.25, 0.3) is 11.5 Å². The zero-order chi connectivity index (χ0) is 27.6. The van der Waals surface area contributed by atoms with Gasteiger partial charge in [-0.15, -0.1) is 21.5 Å². The van der Waals surface area contributed by atoms with E-state index < -0.39 is 11.5 Å². The molecule has 5 rings (SSSR count). The van der Waals surface area contributed by atoms with Crippen LogP contribution in [0.15, 0.2) is 58.3 Å². The second-order valence-electron chi connectivity index (χ2n) is 10.00. The summed E-state index contributed by atoms with van der Waals surface area (Å²) in [6.45, 7) is 6.32. The van der Waals surface area contributed by atoms with Gasteiger partial charge in [-0.3, -0.25) is 4.79 Å². The van der Waals surface area contributed by atoms with E-state index in [0.29, 0.717) is 24.1 Å². The van der Waals surface area contributed by atoms with Crippen LogP contribution in [-0.4, -0.2) is 45.1 Å². The Morgan fingerprint density at radius 2 is 1.95 bits per heavy atom. The number of carbonyl (C=O) groups is 2. The number of hydrogen-bond acceptors (Lipinski definition) is 9. The van der Waals surface area contributed by atoms with E-state index in [-0.39, 0.29) is 35.9 Å². The molecule has 1 fully saturated rings. The van der Waals surface area contributed by atoms with Crippen LogP contribution >= 0.6 is 11.3 Å². The molecule has 2 aromatic carbocycles. The Morgan fingerprint density at radius 1 is 1.18 bits per heavy atom. The maximum atomic E-state index is 13.8. The molecule has 9 nitrogen and oxygen atoms in total. The first kappa shape index (κ1) is 26.7. The van der Waals surface area contributed by atoms with Gasteiger partial charge in [-0.1, -0.05) is 30.3 Å². The molecule has 1 saturated heterocycles. The Balaban J connectivity index is 1.48. The van der Waals surface area contributed by atoms with Crippen LogP contribution < -0.4 is 5.73 Å². The number of hydrogen-bond donors (Lipinski definition) is 1. The Hall–Kier alpha value is -3.89. The van der Waals surface area contributed by atoms with E-state index in [4.69, 9.17) is 14.9 Å².